The van der Waals surface area contributed by atoms with Gasteiger partial charge in [-0.3, -0.25) is 10.1 Å². The second kappa shape index (κ2) is 4.23. The van der Waals surface area contributed by atoms with Crippen molar-refractivity contribution < 1.29 is 14.8 Å². The van der Waals surface area contributed by atoms with Gasteiger partial charge >= 0.3 is 5.97 Å². The van der Waals surface area contributed by atoms with Crippen LogP contribution in [0, 0.1) is 17.0 Å². The predicted octanol–water partition coefficient (Wildman–Crippen LogP) is 2.80. The molecule has 0 amide bonds. The number of nitrogens with zero attached hydrogens (tertiary/aromatic N) is 2. The fraction of sp³-hybridized carbons (Fsp3) is 0.0909. The van der Waals surface area contributed by atoms with Gasteiger partial charge in [-0.2, -0.15) is 0 Å². The molecule has 1 heterocycles. The van der Waals surface area contributed by atoms with Crippen LogP contribution in [0.1, 0.15) is 15.9 Å². The number of aromatic nitrogens is 1. The Balaban J connectivity index is 3.01. The monoisotopic (exact) mass is 266 g/mol. The third-order valence-corrected chi connectivity index (χ3v) is 2.74. The first-order chi connectivity index (χ1) is 8.41. The molecule has 0 radical (unpaired) electrons. The number of non-ortho nitro benzene ring substituents is 1. The van der Waals surface area contributed by atoms with Gasteiger partial charge in [0.15, 0.2) is 5.52 Å². The van der Waals surface area contributed by atoms with E-state index < -0.39 is 10.9 Å². The van der Waals surface area contributed by atoms with Crippen LogP contribution in [0.2, 0.25) is 5.15 Å². The predicted molar refractivity (Wildman–Crippen MR) is 65.1 cm³/mol. The molecule has 0 aliphatic carbocycles. The fourth-order valence-corrected chi connectivity index (χ4v) is 1.97. The molecule has 1 N–H and O–H groups in total. The molecule has 0 saturated heterocycles. The highest BCUT2D eigenvalue weighted by Crippen LogP contribution is 2.30. The Morgan fingerprint density at radius 1 is 1.50 bits per heavy atom. The minimum Gasteiger partial charge on any atom is -0.478 e. The van der Waals surface area contributed by atoms with Crippen molar-refractivity contribution in [3.8, 4) is 0 Å². The molecule has 0 atom stereocenters. The Hall–Kier alpha value is -2.21. The number of fused-ring (bicyclic) bond motifs is 1. The Morgan fingerprint density at radius 3 is 2.72 bits per heavy atom. The molecular weight excluding hydrogens is 260 g/mol. The Bertz CT molecular complexity index is 684. The van der Waals surface area contributed by atoms with Gasteiger partial charge in [-0.1, -0.05) is 17.7 Å². The van der Waals surface area contributed by atoms with Crippen LogP contribution in [0.5, 0.6) is 0 Å². The summed E-state index contributed by atoms with van der Waals surface area (Å²) in [5, 5.41) is 20.1. The number of hydrogen-bond donors (Lipinski definition) is 1. The normalized spacial score (nSPS) is 10.6. The van der Waals surface area contributed by atoms with Gasteiger partial charge in [0, 0.05) is 11.5 Å². The van der Waals surface area contributed by atoms with E-state index in [0.29, 0.717) is 5.56 Å². The number of carboxylic acid groups (broad SMARTS) is 1. The standard InChI is InChI=1S/C11H7ClN2O4/c1-5-2-3-7(14(17)18)10-9(5)6(11(15)16)4-8(12)13-10/h2-4H,1H3,(H,15,16). The molecule has 1 aromatic heterocycles. The van der Waals surface area contributed by atoms with Crippen LogP contribution in [0.15, 0.2) is 18.2 Å². The van der Waals surface area contributed by atoms with Gasteiger partial charge < -0.3 is 5.11 Å². The number of carboxylic acids is 1. The van der Waals surface area contributed by atoms with Crippen LogP contribution in [-0.4, -0.2) is 21.0 Å². The van der Waals surface area contributed by atoms with E-state index in [-0.39, 0.29) is 27.3 Å². The van der Waals surface area contributed by atoms with E-state index in [0.717, 1.165) is 0 Å². The second-order valence-electron chi connectivity index (χ2n) is 3.68. The van der Waals surface area contributed by atoms with Gasteiger partial charge in [0.1, 0.15) is 5.15 Å². The van der Waals surface area contributed by atoms with Crippen LogP contribution in [0.25, 0.3) is 10.9 Å². The number of halogens is 1. The molecular formula is C11H7ClN2O4. The quantitative estimate of drug-likeness (QED) is 0.512. The van der Waals surface area contributed by atoms with Gasteiger partial charge in [-0.25, -0.2) is 9.78 Å². The first-order valence-electron chi connectivity index (χ1n) is 4.89. The fourth-order valence-electron chi connectivity index (χ4n) is 1.78. The first-order valence-corrected chi connectivity index (χ1v) is 5.27. The van der Waals surface area contributed by atoms with Crippen LogP contribution in [0.4, 0.5) is 5.69 Å². The summed E-state index contributed by atoms with van der Waals surface area (Å²) in [6, 6.07) is 3.96. The maximum absolute atomic E-state index is 11.1. The molecule has 1 aromatic carbocycles. The number of aryl methyl sites for hydroxylation is 1. The molecule has 18 heavy (non-hydrogen) atoms. The number of benzene rings is 1. The molecule has 0 bridgehead atoms. The number of aromatic carboxylic acids is 1. The zero-order chi connectivity index (χ0) is 13.4. The maximum atomic E-state index is 11.1. The molecule has 0 fully saturated rings. The van der Waals surface area contributed by atoms with E-state index in [4.69, 9.17) is 16.7 Å². The highest BCUT2D eigenvalue weighted by atomic mass is 35.5. The largest absolute Gasteiger partial charge is 0.478 e. The van der Waals surface area contributed by atoms with Crippen molar-refractivity contribution in [3.63, 3.8) is 0 Å². The lowest BCUT2D eigenvalue weighted by Crippen LogP contribution is -2.02. The first kappa shape index (κ1) is 12.3. The van der Waals surface area contributed by atoms with Gasteiger partial charge in [0.25, 0.3) is 5.69 Å². The average molecular weight is 267 g/mol. The van der Waals surface area contributed by atoms with E-state index >= 15 is 0 Å². The van der Waals surface area contributed by atoms with Crippen molar-refractivity contribution in [2.45, 2.75) is 6.92 Å². The van der Waals surface area contributed by atoms with Crippen molar-refractivity contribution in [1.82, 2.24) is 4.98 Å². The SMILES string of the molecule is Cc1ccc([N+](=O)[O-])c2nc(Cl)cc(C(=O)O)c12. The molecule has 0 saturated carbocycles. The van der Waals surface area contributed by atoms with Gasteiger partial charge in [0.05, 0.1) is 10.5 Å². The summed E-state index contributed by atoms with van der Waals surface area (Å²) >= 11 is 5.70. The van der Waals surface area contributed by atoms with Crippen LogP contribution < -0.4 is 0 Å². The van der Waals surface area contributed by atoms with Crippen molar-refractivity contribution in [2.75, 3.05) is 0 Å². The van der Waals surface area contributed by atoms with Gasteiger partial charge in [-0.05, 0) is 18.6 Å². The summed E-state index contributed by atoms with van der Waals surface area (Å²) in [7, 11) is 0. The highest BCUT2D eigenvalue weighted by Gasteiger charge is 2.20. The lowest BCUT2D eigenvalue weighted by molar-refractivity contribution is -0.383. The molecule has 2 rings (SSSR count). The lowest BCUT2D eigenvalue weighted by atomic mass is 10.0. The highest BCUT2D eigenvalue weighted by molar-refractivity contribution is 6.30. The van der Waals surface area contributed by atoms with Crippen LogP contribution in [-0.2, 0) is 0 Å². The van der Waals surface area contributed by atoms with E-state index in [9.17, 15) is 14.9 Å². The van der Waals surface area contributed by atoms with Crippen LogP contribution in [0.3, 0.4) is 0 Å². The van der Waals surface area contributed by atoms with Crippen molar-refractivity contribution >= 4 is 34.2 Å². The van der Waals surface area contributed by atoms with Crippen molar-refractivity contribution in [3.05, 3.63) is 44.6 Å². The maximum Gasteiger partial charge on any atom is 0.336 e. The van der Waals surface area contributed by atoms with E-state index in [1.807, 2.05) is 0 Å². The minimum absolute atomic E-state index is 0.00935. The van der Waals surface area contributed by atoms with Gasteiger partial charge in [0.2, 0.25) is 0 Å². The minimum atomic E-state index is -1.20. The lowest BCUT2D eigenvalue weighted by Gasteiger charge is -2.06. The summed E-state index contributed by atoms with van der Waals surface area (Å²) < 4.78 is 0. The molecule has 7 heteroatoms. The summed E-state index contributed by atoms with van der Waals surface area (Å²) in [4.78, 5) is 25.3. The molecule has 92 valence electrons. The van der Waals surface area contributed by atoms with E-state index in [1.165, 1.54) is 18.2 Å². The number of hydrogen-bond acceptors (Lipinski definition) is 4. The zero-order valence-corrected chi connectivity index (χ0v) is 9.93. The number of pyridine rings is 1. The molecule has 0 spiro atoms. The number of carbonyl (C=O) groups is 1. The third kappa shape index (κ3) is 1.86. The molecule has 6 nitrogen and oxygen atoms in total. The number of nitro benzene ring substituents is 1. The molecule has 0 aliphatic heterocycles. The van der Waals surface area contributed by atoms with Crippen LogP contribution >= 0.6 is 11.6 Å². The van der Waals surface area contributed by atoms with Crippen molar-refractivity contribution in [1.29, 1.82) is 0 Å². The smallest absolute Gasteiger partial charge is 0.336 e. The molecule has 2 aromatic rings. The summed E-state index contributed by atoms with van der Waals surface area (Å²) in [6.07, 6.45) is 0. The zero-order valence-electron chi connectivity index (χ0n) is 9.18. The third-order valence-electron chi connectivity index (χ3n) is 2.54. The number of nitro groups is 1. The summed E-state index contributed by atoms with van der Waals surface area (Å²) in [5.74, 6) is -1.20. The van der Waals surface area contributed by atoms with Gasteiger partial charge in [-0.15, -0.1) is 0 Å². The summed E-state index contributed by atoms with van der Waals surface area (Å²) in [6.45, 7) is 1.66. The van der Waals surface area contributed by atoms with E-state index in [1.54, 1.807) is 6.92 Å². The summed E-state index contributed by atoms with van der Waals surface area (Å²) in [5.41, 5.74) is 0.230. The Labute approximate surface area is 106 Å². The second-order valence-corrected chi connectivity index (χ2v) is 4.07. The van der Waals surface area contributed by atoms with Crippen molar-refractivity contribution in [2.24, 2.45) is 0 Å². The average Bonchev–Trinajstić information content (AvgIpc) is 2.27. The Morgan fingerprint density at radius 2 is 2.17 bits per heavy atom. The number of rotatable bonds is 2. The molecule has 0 unspecified atom stereocenters. The Kier molecular flexibility index (Phi) is 2.88. The molecule has 0 aliphatic rings. The topological polar surface area (TPSA) is 93.3 Å². The van der Waals surface area contributed by atoms with E-state index in [2.05, 4.69) is 4.98 Å².